The van der Waals surface area contributed by atoms with Crippen LogP contribution in [0.3, 0.4) is 0 Å². The van der Waals surface area contributed by atoms with Crippen LogP contribution in [0, 0.1) is 0 Å². The first kappa shape index (κ1) is 4240. The van der Waals surface area contributed by atoms with Gasteiger partial charge in [0.1, 0.15) is 0 Å². The summed E-state index contributed by atoms with van der Waals surface area (Å²) in [5.41, 5.74) is 0. The van der Waals surface area contributed by atoms with E-state index in [0.717, 1.165) is 0 Å². The van der Waals surface area contributed by atoms with E-state index in [0.29, 0.717) is 0 Å². The molecule has 0 amide bonds. The van der Waals surface area contributed by atoms with Gasteiger partial charge >= 0.3 is 15.8 Å². The molecular weight excluding hydrogens is 5720 g/mol. The second-order valence-corrected chi connectivity index (χ2v) is 2.08. The Morgan fingerprint density at radius 3 is 0.0962 bits per heavy atom. The van der Waals surface area contributed by atoms with E-state index in [1.807, 2.05) is 0 Å². The van der Waals surface area contributed by atoms with Gasteiger partial charge in [0.05, 0.1) is 0 Å². The molecule has 0 radical (unpaired) electrons. The van der Waals surface area contributed by atoms with Gasteiger partial charge in [-0.2, -0.15) is 4.31 Å². The predicted molar refractivity (Wildman–Crippen MR) is 281 cm³/mol. The van der Waals surface area contributed by atoms with Gasteiger partial charge in [-0.25, -0.2) is 18.3 Å². The van der Waals surface area contributed by atoms with Gasteiger partial charge in [0, 0.05) is 506 Å². The zero-order chi connectivity index (χ0) is 5.86. The molecule has 0 fully saturated rings. The molecule has 104 heteroatoms. The number of rotatable bonds is 2. The SMILES string of the molecule is O.O.O.O.O.O.O.O.O.O.O.O.O.O.O.O.O.O.O.O.O.O.O.O.O.O.O.O.O.O.O.O.O.O.O.O.O.O.O.O.O.O.O.O.O.O.O.O.O.O.O.O.O.O.O.O.O.O.O.O.O.O.O.O.O.O.O.O.O.O.O.O.O.O=P(=O)OP(=O)=O.[W].[W].[W].[W].[W].[W].[W].[W].[W].[W].[W].[W].[W].[W].[W].[W].[W].[W].[W].[W].[W].[W].[W].[W]. The van der Waals surface area contributed by atoms with E-state index in [2.05, 4.69) is 4.31 Å². The standard InChI is InChI=1S/O5P2.73H2O.24W/c1-6(2)5-7(3)4;;;;;;;;;;;;;;;;;;;;;;;;;;;;;;;;;;;;;;;;;;;;;;;;;;;;;;;;;;;;;;;;;;;;;;;;;;;;;;;;;;;;;;;;;;;;;;;;;/h;73*1H2;;;;;;;;;;;;;;;;;;;;;;;;. The van der Waals surface area contributed by atoms with Gasteiger partial charge in [-0.1, -0.05) is 0 Å². The van der Waals surface area contributed by atoms with Crippen LogP contribution in [0.4, 0.5) is 0 Å². The first-order valence-electron chi connectivity index (χ1n) is 1.10. The van der Waals surface area contributed by atoms with Gasteiger partial charge in [0.2, 0.25) is 0 Å². The Morgan fingerprint density at radius 1 is 0.0769 bits per heavy atom. The molecule has 0 aliphatic carbocycles. The van der Waals surface area contributed by atoms with Crippen molar-refractivity contribution >= 4 is 15.8 Å². The van der Waals surface area contributed by atoms with E-state index in [9.17, 15) is 18.3 Å². The van der Waals surface area contributed by atoms with Crippen molar-refractivity contribution in [3.05, 3.63) is 0 Å². The van der Waals surface area contributed by atoms with Crippen LogP contribution in [0.5, 0.6) is 0 Å². The van der Waals surface area contributed by atoms with E-state index in [1.54, 1.807) is 0 Å². The third-order valence-electron chi connectivity index (χ3n) is 0.133. The first-order valence-corrected chi connectivity index (χ1v) is 3.29. The number of hydrogen-bond acceptors (Lipinski definition) is 5. The second-order valence-electron chi connectivity index (χ2n) is 0.529. The average molecular weight is 5870 g/mol. The molecule has 0 saturated carbocycles. The van der Waals surface area contributed by atoms with Gasteiger partial charge in [-0.05, 0) is 0 Å². The normalized spacial score (nSPS) is 0.538. The van der Waals surface area contributed by atoms with Crippen LogP contribution in [-0.4, -0.2) is 400 Å². The van der Waals surface area contributed by atoms with Crippen LogP contribution in [0.15, 0.2) is 0 Å². The minimum Gasteiger partial charge on any atom is -0.412 e. The molecule has 0 unspecified atom stereocenters. The van der Waals surface area contributed by atoms with E-state index in [1.165, 1.54) is 0 Å². The maximum absolute atomic E-state index is 9.24. The fraction of sp³-hybridized carbons (Fsp3) is 0. The van der Waals surface area contributed by atoms with Crippen LogP contribution in [0.1, 0.15) is 0 Å². The van der Waals surface area contributed by atoms with Gasteiger partial charge in [0.25, 0.3) is 0 Å². The third kappa shape index (κ3) is 5010. The largest absolute Gasteiger partial charge is 0.481 e. The molecule has 0 bridgehead atoms. The zero-order valence-electron chi connectivity index (χ0n) is 49.2. The van der Waals surface area contributed by atoms with E-state index in [4.69, 9.17) is 0 Å². The molecule has 768 valence electrons. The van der Waals surface area contributed by atoms with Crippen LogP contribution in [0.2, 0.25) is 0 Å². The molecule has 0 aromatic carbocycles. The van der Waals surface area contributed by atoms with Crippen LogP contribution in [0.25, 0.3) is 0 Å². The Kier molecular flexibility index (Phi) is 152000. The molecule has 0 aromatic rings. The van der Waals surface area contributed by atoms with Crippen molar-refractivity contribution in [1.29, 1.82) is 0 Å². The van der Waals surface area contributed by atoms with E-state index in [-0.39, 0.29) is 905 Å². The predicted octanol–water partition coefficient (Wildman–Crippen LogP) is -59.1. The summed E-state index contributed by atoms with van der Waals surface area (Å²) in [6, 6.07) is 0. The zero-order valence-corrected chi connectivity index (χ0v) is 121. The summed E-state index contributed by atoms with van der Waals surface area (Å²) < 4.78 is 40.1. The molecule has 0 spiro atoms. The topological polar surface area (TPSA) is 2380 Å². The van der Waals surface area contributed by atoms with Gasteiger partial charge in [-0.15, -0.1) is 0 Å². The molecule has 0 saturated heterocycles. The van der Waals surface area contributed by atoms with Crippen molar-refractivity contribution in [3.63, 3.8) is 0 Å². The molecule has 0 aromatic heterocycles. The van der Waals surface area contributed by atoms with Crippen molar-refractivity contribution in [2.24, 2.45) is 0 Å². The van der Waals surface area contributed by atoms with Crippen LogP contribution >= 0.6 is 15.8 Å². The maximum atomic E-state index is 9.24. The third-order valence-corrected chi connectivity index (χ3v) is 1.20. The molecule has 146 N–H and O–H groups in total. The smallest absolute Gasteiger partial charge is 0.412 e. The summed E-state index contributed by atoms with van der Waals surface area (Å²) in [5.74, 6) is 0. The quantitative estimate of drug-likeness (QED) is 0.243. The molecule has 0 heterocycles. The molecule has 0 atom stereocenters. The van der Waals surface area contributed by atoms with Crippen molar-refractivity contribution in [1.82, 2.24) is 0 Å². The molecule has 78 nitrogen and oxygen atoms in total. The molecular formula is H146O78P2W24. The minimum atomic E-state index is -3.24. The first-order chi connectivity index (χ1) is 3.13. The van der Waals surface area contributed by atoms with Gasteiger partial charge < -0.3 is 400 Å². The Morgan fingerprint density at radius 2 is 0.0962 bits per heavy atom. The summed E-state index contributed by atoms with van der Waals surface area (Å²) in [7, 11) is -6.47. The number of hydrogen-bond donors (Lipinski definition) is 0. The molecule has 0 aliphatic rings. The second kappa shape index (κ2) is 3740. The Hall–Kier alpha value is 13.4. The Labute approximate surface area is 929 Å². The van der Waals surface area contributed by atoms with Crippen LogP contribution < -0.4 is 0 Å². The van der Waals surface area contributed by atoms with Gasteiger partial charge in [0.15, 0.2) is 0 Å². The van der Waals surface area contributed by atoms with E-state index >= 15 is 0 Å². The van der Waals surface area contributed by atoms with Crippen molar-refractivity contribution in [2.75, 3.05) is 0 Å². The summed E-state index contributed by atoms with van der Waals surface area (Å²) in [6.07, 6.45) is 0. The molecule has 0 aliphatic heterocycles. The summed E-state index contributed by atoms with van der Waals surface area (Å²) >= 11 is 0. The van der Waals surface area contributed by atoms with Crippen molar-refractivity contribution in [2.45, 2.75) is 0 Å². The Bertz CT molecular complexity index is 223. The minimum absolute atomic E-state index is 0. The van der Waals surface area contributed by atoms with Crippen LogP contribution in [-0.2, 0) is 528 Å². The fourth-order valence-electron chi connectivity index (χ4n) is 0.0544. The monoisotopic (exact) mass is 5870 g/mol. The maximum Gasteiger partial charge on any atom is 0.481 e. The van der Waals surface area contributed by atoms with Crippen molar-refractivity contribution < 1.29 is 928 Å². The van der Waals surface area contributed by atoms with Gasteiger partial charge in [-0.3, -0.25) is 0 Å². The molecule has 104 heavy (non-hydrogen) atoms. The fourth-order valence-corrected chi connectivity index (χ4v) is 0.490. The Balaban J connectivity index is -0.0000000000387. The average Bonchev–Trinajstić information content (AvgIpc) is 1.27. The van der Waals surface area contributed by atoms with E-state index < -0.39 is 15.8 Å². The summed E-state index contributed by atoms with van der Waals surface area (Å²) in [4.78, 5) is 0. The molecule has 0 rings (SSSR count). The summed E-state index contributed by atoms with van der Waals surface area (Å²) in [6.45, 7) is 0. The van der Waals surface area contributed by atoms with Crippen molar-refractivity contribution in [3.8, 4) is 0 Å². The summed E-state index contributed by atoms with van der Waals surface area (Å²) in [5, 5.41) is 0.